The van der Waals surface area contributed by atoms with Gasteiger partial charge >= 0.3 is 0 Å². The van der Waals surface area contributed by atoms with E-state index in [0.717, 1.165) is 6.54 Å². The van der Waals surface area contributed by atoms with Crippen molar-refractivity contribution in [2.24, 2.45) is 0 Å². The molecule has 0 saturated carbocycles. The first kappa shape index (κ1) is 13.9. The maximum atomic E-state index is 11.7. The van der Waals surface area contributed by atoms with Gasteiger partial charge in [0.05, 0.1) is 10.5 Å². The highest BCUT2D eigenvalue weighted by Gasteiger charge is 2.27. The molecule has 0 aliphatic carbocycles. The molecule has 0 unspecified atom stereocenters. The largest absolute Gasteiger partial charge is 0.314 e. The number of rotatable bonds is 5. The predicted molar refractivity (Wildman–Crippen MR) is 61.3 cm³/mol. The van der Waals surface area contributed by atoms with Crippen LogP contribution < -0.4 is 5.32 Å². The molecule has 4 heteroatoms. The lowest BCUT2D eigenvalue weighted by Crippen LogP contribution is -2.32. The molecule has 0 spiro atoms. The van der Waals surface area contributed by atoms with E-state index >= 15 is 0 Å². The minimum Gasteiger partial charge on any atom is -0.314 e. The molecule has 0 aliphatic heterocycles. The second kappa shape index (κ2) is 5.12. The summed E-state index contributed by atoms with van der Waals surface area (Å²) in [6, 6.07) is 0.423. The van der Waals surface area contributed by atoms with Crippen LogP contribution >= 0.6 is 0 Å². The highest BCUT2D eigenvalue weighted by atomic mass is 32.2. The van der Waals surface area contributed by atoms with Gasteiger partial charge in [0.15, 0.2) is 9.84 Å². The number of nitrogens with one attached hydrogen (secondary N) is 1. The topological polar surface area (TPSA) is 46.2 Å². The van der Waals surface area contributed by atoms with Crippen molar-refractivity contribution in [1.29, 1.82) is 0 Å². The molecule has 0 heterocycles. The molecule has 0 aliphatic rings. The van der Waals surface area contributed by atoms with Gasteiger partial charge in [0, 0.05) is 6.04 Å². The lowest BCUT2D eigenvalue weighted by Gasteiger charge is -2.19. The molecule has 0 amide bonds. The zero-order chi connectivity index (χ0) is 11.4. The van der Waals surface area contributed by atoms with Crippen molar-refractivity contribution in [1.82, 2.24) is 5.32 Å². The van der Waals surface area contributed by atoms with E-state index in [0.29, 0.717) is 12.5 Å². The number of sulfone groups is 1. The van der Waals surface area contributed by atoms with Crippen molar-refractivity contribution in [3.8, 4) is 0 Å². The van der Waals surface area contributed by atoms with E-state index in [1.54, 1.807) is 20.8 Å². The van der Waals surface area contributed by atoms with Gasteiger partial charge in [0.2, 0.25) is 0 Å². The van der Waals surface area contributed by atoms with Crippen LogP contribution in [0, 0.1) is 0 Å². The Balaban J connectivity index is 3.91. The molecule has 0 atom stereocenters. The second-order valence-electron chi connectivity index (χ2n) is 4.89. The van der Waals surface area contributed by atoms with Crippen molar-refractivity contribution in [2.45, 2.75) is 51.8 Å². The monoisotopic (exact) mass is 221 g/mol. The van der Waals surface area contributed by atoms with Crippen LogP contribution in [0.5, 0.6) is 0 Å². The van der Waals surface area contributed by atoms with Crippen molar-refractivity contribution in [3.63, 3.8) is 0 Å². The van der Waals surface area contributed by atoms with E-state index in [4.69, 9.17) is 0 Å². The highest BCUT2D eigenvalue weighted by Crippen LogP contribution is 2.16. The van der Waals surface area contributed by atoms with Crippen LogP contribution in [0.25, 0.3) is 0 Å². The van der Waals surface area contributed by atoms with E-state index in [1.165, 1.54) is 0 Å². The molecule has 86 valence electrons. The molecule has 0 saturated heterocycles. The molecule has 0 bridgehead atoms. The maximum Gasteiger partial charge on any atom is 0.155 e. The maximum absolute atomic E-state index is 11.7. The molecular formula is C10H23NO2S. The average Bonchev–Trinajstić information content (AvgIpc) is 1.95. The summed E-state index contributed by atoms with van der Waals surface area (Å²) in [5.41, 5.74) is 0. The van der Waals surface area contributed by atoms with Crippen LogP contribution in [-0.4, -0.2) is 31.5 Å². The number of hydrogen-bond acceptors (Lipinski definition) is 3. The molecule has 14 heavy (non-hydrogen) atoms. The van der Waals surface area contributed by atoms with Gasteiger partial charge in [-0.25, -0.2) is 8.42 Å². The van der Waals surface area contributed by atoms with Gasteiger partial charge < -0.3 is 5.32 Å². The third-order valence-electron chi connectivity index (χ3n) is 2.08. The summed E-state index contributed by atoms with van der Waals surface area (Å²) < 4.78 is 22.7. The SMILES string of the molecule is CC(C)NCCCS(=O)(=O)C(C)(C)C. The average molecular weight is 221 g/mol. The molecule has 0 rings (SSSR count). The molecule has 3 nitrogen and oxygen atoms in total. The van der Waals surface area contributed by atoms with Crippen LogP contribution in [-0.2, 0) is 9.84 Å². The summed E-state index contributed by atoms with van der Waals surface area (Å²) in [5, 5.41) is 3.21. The molecular weight excluding hydrogens is 198 g/mol. The van der Waals surface area contributed by atoms with Crippen LogP contribution in [0.2, 0.25) is 0 Å². The first-order chi connectivity index (χ1) is 6.17. The third-order valence-corrected chi connectivity index (χ3v) is 4.77. The summed E-state index contributed by atoms with van der Waals surface area (Å²) >= 11 is 0. The van der Waals surface area contributed by atoms with Crippen molar-refractivity contribution in [3.05, 3.63) is 0 Å². The molecule has 0 fully saturated rings. The Morgan fingerprint density at radius 2 is 1.71 bits per heavy atom. The lowest BCUT2D eigenvalue weighted by atomic mass is 10.3. The van der Waals surface area contributed by atoms with Gasteiger partial charge in [-0.1, -0.05) is 13.8 Å². The number of hydrogen-bond donors (Lipinski definition) is 1. The molecule has 1 N–H and O–H groups in total. The summed E-state index contributed by atoms with van der Waals surface area (Å²) in [6.45, 7) is 10.1. The summed E-state index contributed by atoms with van der Waals surface area (Å²) in [4.78, 5) is 0. The lowest BCUT2D eigenvalue weighted by molar-refractivity contribution is 0.546. The van der Waals surface area contributed by atoms with Crippen LogP contribution in [0.15, 0.2) is 0 Å². The molecule has 0 radical (unpaired) electrons. The van der Waals surface area contributed by atoms with E-state index in [9.17, 15) is 8.42 Å². The van der Waals surface area contributed by atoms with Crippen LogP contribution in [0.1, 0.15) is 41.0 Å². The van der Waals surface area contributed by atoms with Gasteiger partial charge in [-0.15, -0.1) is 0 Å². The van der Waals surface area contributed by atoms with Crippen LogP contribution in [0.4, 0.5) is 0 Å². The Morgan fingerprint density at radius 3 is 2.07 bits per heavy atom. The fourth-order valence-corrected chi connectivity index (χ4v) is 2.10. The first-order valence-corrected chi connectivity index (χ1v) is 6.78. The molecule has 0 aromatic rings. The van der Waals surface area contributed by atoms with Crippen molar-refractivity contribution in [2.75, 3.05) is 12.3 Å². The molecule has 0 aromatic carbocycles. The second-order valence-corrected chi connectivity index (χ2v) is 7.76. The minimum atomic E-state index is -2.94. The van der Waals surface area contributed by atoms with Gasteiger partial charge in [0.25, 0.3) is 0 Å². The summed E-state index contributed by atoms with van der Waals surface area (Å²) in [6.07, 6.45) is 0.692. The van der Waals surface area contributed by atoms with Crippen LogP contribution in [0.3, 0.4) is 0 Å². The standard InChI is InChI=1S/C10H23NO2S/c1-9(2)11-7-6-8-14(12,13)10(3,4)5/h9,11H,6-8H2,1-5H3. The Hall–Kier alpha value is -0.0900. The summed E-state index contributed by atoms with van der Waals surface area (Å²) in [7, 11) is -2.94. The predicted octanol–water partition coefficient (Wildman–Crippen LogP) is 1.59. The normalized spacial score (nSPS) is 13.6. The van der Waals surface area contributed by atoms with Crippen molar-refractivity contribution < 1.29 is 8.42 Å². The van der Waals surface area contributed by atoms with E-state index in [2.05, 4.69) is 19.2 Å². The van der Waals surface area contributed by atoms with E-state index in [1.807, 2.05) is 0 Å². The smallest absolute Gasteiger partial charge is 0.155 e. The van der Waals surface area contributed by atoms with Gasteiger partial charge in [-0.05, 0) is 33.7 Å². The Morgan fingerprint density at radius 1 is 1.21 bits per heavy atom. The Labute approximate surface area is 88.2 Å². The zero-order valence-electron chi connectivity index (χ0n) is 9.92. The summed E-state index contributed by atoms with van der Waals surface area (Å²) in [5.74, 6) is 0.274. The third kappa shape index (κ3) is 4.96. The molecule has 0 aromatic heterocycles. The fraction of sp³-hybridized carbons (Fsp3) is 1.00. The van der Waals surface area contributed by atoms with Gasteiger partial charge in [-0.3, -0.25) is 0 Å². The van der Waals surface area contributed by atoms with E-state index in [-0.39, 0.29) is 5.75 Å². The fourth-order valence-electron chi connectivity index (χ4n) is 0.959. The van der Waals surface area contributed by atoms with Crippen molar-refractivity contribution >= 4 is 9.84 Å². The first-order valence-electron chi connectivity index (χ1n) is 5.12. The quantitative estimate of drug-likeness (QED) is 0.717. The highest BCUT2D eigenvalue weighted by molar-refractivity contribution is 7.92. The van der Waals surface area contributed by atoms with Gasteiger partial charge in [-0.2, -0.15) is 0 Å². The zero-order valence-corrected chi connectivity index (χ0v) is 10.7. The Kier molecular flexibility index (Phi) is 5.09. The Bertz CT molecular complexity index is 250. The minimum absolute atomic E-state index is 0.274. The van der Waals surface area contributed by atoms with E-state index < -0.39 is 14.6 Å². The van der Waals surface area contributed by atoms with Gasteiger partial charge in [0.1, 0.15) is 0 Å².